The fourth-order valence-corrected chi connectivity index (χ4v) is 2.01. The molecule has 1 fully saturated rings. The quantitative estimate of drug-likeness (QED) is 0.774. The van der Waals surface area contributed by atoms with E-state index in [4.69, 9.17) is 5.11 Å². The van der Waals surface area contributed by atoms with Gasteiger partial charge in [0.05, 0.1) is 12.7 Å². The molecular weight excluding hydrogens is 210 g/mol. The van der Waals surface area contributed by atoms with Gasteiger partial charge in [-0.25, -0.2) is 4.79 Å². The number of rotatable bonds is 4. The smallest absolute Gasteiger partial charge is 0.358 e. The molecule has 2 heterocycles. The summed E-state index contributed by atoms with van der Waals surface area (Å²) in [4.78, 5) is 13.1. The van der Waals surface area contributed by atoms with Crippen LogP contribution in [0.1, 0.15) is 23.3 Å². The first-order chi connectivity index (χ1) is 7.68. The lowest BCUT2D eigenvalue weighted by atomic mass is 10.4. The van der Waals surface area contributed by atoms with Gasteiger partial charge in [0.25, 0.3) is 0 Å². The van der Waals surface area contributed by atoms with Crippen LogP contribution in [0.3, 0.4) is 0 Å². The summed E-state index contributed by atoms with van der Waals surface area (Å²) < 4.78 is 1.34. The van der Waals surface area contributed by atoms with Crippen LogP contribution in [0, 0.1) is 0 Å². The zero-order valence-corrected chi connectivity index (χ0v) is 8.96. The van der Waals surface area contributed by atoms with Gasteiger partial charge in [-0.05, 0) is 25.9 Å². The van der Waals surface area contributed by atoms with Gasteiger partial charge in [-0.2, -0.15) is 5.10 Å². The molecule has 6 heteroatoms. The Morgan fingerprint density at radius 1 is 1.38 bits per heavy atom. The van der Waals surface area contributed by atoms with Crippen molar-refractivity contribution >= 4 is 5.97 Å². The second-order valence-corrected chi connectivity index (χ2v) is 3.96. The number of likely N-dealkylation sites (tertiary alicyclic amines) is 1. The minimum atomic E-state index is -1.14. The number of hydrogen-bond donors (Lipinski definition) is 2. The van der Waals surface area contributed by atoms with Crippen molar-refractivity contribution < 1.29 is 15.0 Å². The third kappa shape index (κ3) is 2.16. The van der Waals surface area contributed by atoms with Crippen molar-refractivity contribution in [2.45, 2.75) is 19.4 Å². The maximum absolute atomic E-state index is 10.9. The van der Waals surface area contributed by atoms with E-state index in [1.165, 1.54) is 23.7 Å². The molecule has 0 atom stereocenters. The van der Waals surface area contributed by atoms with E-state index in [-0.39, 0.29) is 11.4 Å². The van der Waals surface area contributed by atoms with Crippen molar-refractivity contribution in [2.24, 2.45) is 0 Å². The highest BCUT2D eigenvalue weighted by atomic mass is 16.4. The lowest BCUT2D eigenvalue weighted by Gasteiger charge is -2.14. The van der Waals surface area contributed by atoms with Crippen LogP contribution in [-0.4, -0.2) is 50.5 Å². The Hall–Kier alpha value is -1.56. The number of nitrogens with zero attached hydrogens (tertiary/aromatic N) is 3. The highest BCUT2D eigenvalue weighted by Gasteiger charge is 2.18. The highest BCUT2D eigenvalue weighted by molar-refractivity contribution is 5.88. The first-order valence-electron chi connectivity index (χ1n) is 5.39. The van der Waals surface area contributed by atoms with Crippen LogP contribution < -0.4 is 0 Å². The number of aromatic nitrogens is 2. The summed E-state index contributed by atoms with van der Waals surface area (Å²) in [6.07, 6.45) is 3.58. The molecule has 0 aliphatic carbocycles. The molecule has 1 aliphatic rings. The summed E-state index contributed by atoms with van der Waals surface area (Å²) in [6, 6.07) is 0. The maximum Gasteiger partial charge on any atom is 0.358 e. The lowest BCUT2D eigenvalue weighted by molar-refractivity contribution is 0.0679. The lowest BCUT2D eigenvalue weighted by Crippen LogP contribution is -2.25. The Balaban J connectivity index is 2.00. The molecule has 1 aromatic rings. The fourth-order valence-electron chi connectivity index (χ4n) is 2.01. The van der Waals surface area contributed by atoms with Gasteiger partial charge in [-0.15, -0.1) is 0 Å². The van der Waals surface area contributed by atoms with Crippen LogP contribution in [0.25, 0.3) is 0 Å². The number of carbonyl (C=O) groups is 1. The van der Waals surface area contributed by atoms with Crippen molar-refractivity contribution in [1.82, 2.24) is 14.7 Å². The molecule has 1 saturated heterocycles. The Morgan fingerprint density at radius 3 is 2.69 bits per heavy atom. The topological polar surface area (TPSA) is 78.6 Å². The molecule has 6 nitrogen and oxygen atoms in total. The molecule has 0 amide bonds. The number of aromatic carboxylic acids is 1. The van der Waals surface area contributed by atoms with Crippen LogP contribution >= 0.6 is 0 Å². The Labute approximate surface area is 93.1 Å². The minimum Gasteiger partial charge on any atom is -0.504 e. The largest absolute Gasteiger partial charge is 0.504 e. The van der Waals surface area contributed by atoms with Gasteiger partial charge in [-0.1, -0.05) is 0 Å². The molecule has 1 aliphatic heterocycles. The molecule has 0 bridgehead atoms. The van der Waals surface area contributed by atoms with Crippen LogP contribution in [0.4, 0.5) is 0 Å². The predicted molar refractivity (Wildman–Crippen MR) is 56.5 cm³/mol. The second kappa shape index (κ2) is 4.52. The summed E-state index contributed by atoms with van der Waals surface area (Å²) in [6.45, 7) is 3.41. The number of carboxylic acids is 1. The third-order valence-electron chi connectivity index (χ3n) is 2.85. The molecular formula is C10H15N3O3. The van der Waals surface area contributed by atoms with E-state index in [0.717, 1.165) is 19.6 Å². The van der Waals surface area contributed by atoms with Crippen LogP contribution in [0.15, 0.2) is 6.20 Å². The van der Waals surface area contributed by atoms with Crippen molar-refractivity contribution in [3.63, 3.8) is 0 Å². The van der Waals surface area contributed by atoms with Gasteiger partial charge in [0.15, 0.2) is 11.4 Å². The Kier molecular flexibility index (Phi) is 3.09. The number of carboxylic acid groups (broad SMARTS) is 1. The third-order valence-corrected chi connectivity index (χ3v) is 2.85. The summed E-state index contributed by atoms with van der Waals surface area (Å²) in [5.41, 5.74) is -0.126. The van der Waals surface area contributed by atoms with Gasteiger partial charge < -0.3 is 15.1 Å². The van der Waals surface area contributed by atoms with Crippen molar-refractivity contribution in [3.8, 4) is 5.75 Å². The van der Waals surface area contributed by atoms with E-state index < -0.39 is 5.97 Å². The zero-order chi connectivity index (χ0) is 11.5. The average molecular weight is 225 g/mol. The van der Waals surface area contributed by atoms with Crippen LogP contribution in [-0.2, 0) is 6.54 Å². The molecule has 16 heavy (non-hydrogen) atoms. The molecule has 0 radical (unpaired) electrons. The van der Waals surface area contributed by atoms with Crippen molar-refractivity contribution in [1.29, 1.82) is 0 Å². The van der Waals surface area contributed by atoms with Crippen molar-refractivity contribution in [3.05, 3.63) is 11.9 Å². The maximum atomic E-state index is 10.9. The Morgan fingerprint density at radius 2 is 2.06 bits per heavy atom. The molecule has 0 unspecified atom stereocenters. The van der Waals surface area contributed by atoms with Crippen molar-refractivity contribution in [2.75, 3.05) is 19.6 Å². The first-order valence-corrected chi connectivity index (χ1v) is 5.39. The zero-order valence-electron chi connectivity index (χ0n) is 8.96. The van der Waals surface area contributed by atoms with Gasteiger partial charge in [-0.3, -0.25) is 4.68 Å². The number of hydrogen-bond acceptors (Lipinski definition) is 4. The minimum absolute atomic E-state index is 0.126. The molecule has 2 rings (SSSR count). The standard InChI is InChI=1S/C10H15N3O3/c14-8-7-11-13(9(8)10(15)16)6-5-12-3-1-2-4-12/h7,14H,1-6H2,(H,15,16). The van der Waals surface area contributed by atoms with E-state index in [9.17, 15) is 9.90 Å². The summed E-state index contributed by atoms with van der Waals surface area (Å²) >= 11 is 0. The molecule has 2 N–H and O–H groups in total. The average Bonchev–Trinajstić information content (AvgIpc) is 2.83. The van der Waals surface area contributed by atoms with Crippen LogP contribution in [0.5, 0.6) is 5.75 Å². The normalized spacial score (nSPS) is 16.8. The summed E-state index contributed by atoms with van der Waals surface area (Å²) in [5.74, 6) is -1.41. The van der Waals surface area contributed by atoms with Crippen LogP contribution in [0.2, 0.25) is 0 Å². The molecule has 0 spiro atoms. The predicted octanol–water partition coefficient (Wildman–Crippen LogP) is 0.383. The second-order valence-electron chi connectivity index (χ2n) is 3.96. The first kappa shape index (κ1) is 10.9. The monoisotopic (exact) mass is 225 g/mol. The highest BCUT2D eigenvalue weighted by Crippen LogP contribution is 2.16. The molecule has 0 saturated carbocycles. The summed E-state index contributed by atoms with van der Waals surface area (Å²) in [7, 11) is 0. The van der Waals surface area contributed by atoms with E-state index in [1.807, 2.05) is 0 Å². The van der Waals surface area contributed by atoms with E-state index in [1.54, 1.807) is 0 Å². The number of aromatic hydroxyl groups is 1. The van der Waals surface area contributed by atoms with Gasteiger partial charge in [0.2, 0.25) is 0 Å². The molecule has 0 aromatic carbocycles. The SMILES string of the molecule is O=C(O)c1c(O)cnn1CCN1CCCC1. The summed E-state index contributed by atoms with van der Waals surface area (Å²) in [5, 5.41) is 22.1. The molecule has 1 aromatic heterocycles. The van der Waals surface area contributed by atoms with E-state index in [2.05, 4.69) is 10.00 Å². The van der Waals surface area contributed by atoms with Gasteiger partial charge in [0.1, 0.15) is 0 Å². The Bertz CT molecular complexity index is 383. The van der Waals surface area contributed by atoms with E-state index in [0.29, 0.717) is 6.54 Å². The fraction of sp³-hybridized carbons (Fsp3) is 0.600. The van der Waals surface area contributed by atoms with Gasteiger partial charge in [0, 0.05) is 6.54 Å². The molecule has 88 valence electrons. The van der Waals surface area contributed by atoms with Gasteiger partial charge >= 0.3 is 5.97 Å². The van der Waals surface area contributed by atoms with E-state index >= 15 is 0 Å².